The van der Waals surface area contributed by atoms with Crippen molar-refractivity contribution < 1.29 is 0 Å². The van der Waals surface area contributed by atoms with E-state index in [1.807, 2.05) is 29.6 Å². The van der Waals surface area contributed by atoms with Crippen molar-refractivity contribution in [2.24, 2.45) is 5.73 Å². The maximum atomic E-state index is 9.52. The lowest BCUT2D eigenvalue weighted by Crippen LogP contribution is -2.21. The van der Waals surface area contributed by atoms with E-state index >= 15 is 0 Å². The van der Waals surface area contributed by atoms with Crippen molar-refractivity contribution in [1.82, 2.24) is 0 Å². The van der Waals surface area contributed by atoms with Crippen molar-refractivity contribution >= 4 is 33.5 Å². The molecule has 6 aromatic carbocycles. The predicted octanol–water partition coefficient (Wildman–Crippen LogP) is 9.95. The minimum atomic E-state index is -0.215. The van der Waals surface area contributed by atoms with Gasteiger partial charge in [-0.15, -0.1) is 0 Å². The van der Waals surface area contributed by atoms with E-state index in [4.69, 9.17) is 5.73 Å². The van der Waals surface area contributed by atoms with Crippen molar-refractivity contribution in [2.45, 2.75) is 86.8 Å². The first-order valence-corrected chi connectivity index (χ1v) is 21.0. The summed E-state index contributed by atoms with van der Waals surface area (Å²) in [5, 5.41) is 22.5. The van der Waals surface area contributed by atoms with Gasteiger partial charge in [-0.3, -0.25) is 0 Å². The number of hydrogen-bond acceptors (Lipinski definition) is 4. The highest BCUT2D eigenvalue weighted by atomic mass is 32.2. The second kappa shape index (κ2) is 10.5. The van der Waals surface area contributed by atoms with E-state index in [1.165, 1.54) is 106 Å². The molecule has 0 unspecified atom stereocenters. The van der Waals surface area contributed by atoms with Crippen LogP contribution in [-0.2, 0) is 21.7 Å². The van der Waals surface area contributed by atoms with Crippen molar-refractivity contribution in [3.05, 3.63) is 194 Å². The van der Waals surface area contributed by atoms with Gasteiger partial charge in [0.1, 0.15) is 11.8 Å². The first kappa shape index (κ1) is 33.4. The highest BCUT2D eigenvalue weighted by molar-refractivity contribution is 8.32. The lowest BCUT2D eigenvalue weighted by molar-refractivity contribution is 0.632. The van der Waals surface area contributed by atoms with Crippen LogP contribution in [-0.4, -0.2) is 0 Å². The molecule has 1 heterocycles. The van der Waals surface area contributed by atoms with Gasteiger partial charge in [0.15, 0.2) is 0 Å². The predicted molar refractivity (Wildman–Crippen MR) is 225 cm³/mol. The number of thioether (sulfide) groups is 2. The molecule has 2 nitrogen and oxygen atoms in total. The smallest absolute Gasteiger partial charge is 0.118 e. The summed E-state index contributed by atoms with van der Waals surface area (Å²) >= 11 is 3.81. The summed E-state index contributed by atoms with van der Waals surface area (Å²) in [6.45, 7) is 19.1. The topological polar surface area (TPSA) is 49.8 Å². The van der Waals surface area contributed by atoms with Crippen LogP contribution in [0.3, 0.4) is 0 Å². The summed E-state index contributed by atoms with van der Waals surface area (Å²) in [5.74, 6) is 0. The van der Waals surface area contributed by atoms with Gasteiger partial charge in [0.05, 0.1) is 4.24 Å². The largest absolute Gasteiger partial charge is 0.390 e. The van der Waals surface area contributed by atoms with Crippen molar-refractivity contribution in [2.75, 3.05) is 0 Å². The first-order valence-electron chi connectivity index (χ1n) is 19.3. The average molecular weight is 747 g/mol. The minimum absolute atomic E-state index is 0.112. The zero-order chi connectivity index (χ0) is 38.1. The van der Waals surface area contributed by atoms with Gasteiger partial charge in [-0.05, 0) is 152 Å². The molecular weight excluding hydrogens is 705 g/mol. The van der Waals surface area contributed by atoms with E-state index in [0.29, 0.717) is 0 Å². The molecule has 0 bridgehead atoms. The third-order valence-corrected chi connectivity index (χ3v) is 16.6. The summed E-state index contributed by atoms with van der Waals surface area (Å²) < 4.78 is 1.37. The summed E-state index contributed by atoms with van der Waals surface area (Å²) in [5.41, 5.74) is 16.8. The van der Waals surface area contributed by atoms with E-state index in [2.05, 4.69) is 152 Å². The molecule has 0 radical (unpaired) electrons. The summed E-state index contributed by atoms with van der Waals surface area (Å²) in [4.78, 5) is 2.71. The van der Waals surface area contributed by atoms with Crippen molar-refractivity contribution in [1.29, 1.82) is 5.26 Å². The highest BCUT2D eigenvalue weighted by Crippen LogP contribution is 2.52. The van der Waals surface area contributed by atoms with Gasteiger partial charge in [-0.2, -0.15) is 5.26 Å². The molecule has 0 spiro atoms. The van der Waals surface area contributed by atoms with Crippen LogP contribution in [0, 0.1) is 53.1 Å². The Labute approximate surface area is 329 Å². The Kier molecular flexibility index (Phi) is 6.35. The molecule has 0 fully saturated rings. The first-order chi connectivity index (χ1) is 26.1. The van der Waals surface area contributed by atoms with Gasteiger partial charge in [-0.1, -0.05) is 115 Å². The summed E-state index contributed by atoms with van der Waals surface area (Å²) in [6.07, 6.45) is 0. The second-order valence-electron chi connectivity index (χ2n) is 18.3. The molecule has 4 aliphatic carbocycles. The van der Waals surface area contributed by atoms with Gasteiger partial charge >= 0.3 is 0 Å². The van der Waals surface area contributed by atoms with Gasteiger partial charge in [0.2, 0.25) is 0 Å². The fourth-order valence-electron chi connectivity index (χ4n) is 10.7. The fraction of sp³-hybridized carbons (Fsp3) is 0.235. The van der Waals surface area contributed by atoms with Crippen LogP contribution in [0.1, 0.15) is 99.9 Å². The number of hydrogen-bond donors (Lipinski definition) is 1. The molecule has 6 aromatic rings. The van der Waals surface area contributed by atoms with E-state index in [1.54, 1.807) is 0 Å². The third-order valence-electron chi connectivity index (χ3n) is 14.0. The van der Waals surface area contributed by atoms with Crippen LogP contribution in [0.4, 0.5) is 0 Å². The Bertz CT molecular complexity index is 3430. The van der Waals surface area contributed by atoms with Crippen LogP contribution >= 0.6 is 23.5 Å². The quantitative estimate of drug-likeness (QED) is 0.168. The molecule has 2 N–H and O–H groups in total. The Morgan fingerprint density at radius 2 is 0.800 bits per heavy atom. The molecule has 0 saturated carbocycles. The van der Waals surface area contributed by atoms with Crippen LogP contribution in [0.25, 0.3) is 9.93 Å². The normalized spacial score (nSPS) is 18.9. The van der Waals surface area contributed by atoms with Crippen LogP contribution in [0.2, 0.25) is 0 Å². The van der Waals surface area contributed by atoms with Crippen molar-refractivity contribution in [3.8, 4) is 6.07 Å². The number of nitrogens with two attached hydrogens (primary N) is 1. The average Bonchev–Trinajstić information content (AvgIpc) is 3.89. The second-order valence-corrected chi connectivity index (χ2v) is 20.7. The van der Waals surface area contributed by atoms with Gasteiger partial charge in [0.25, 0.3) is 0 Å². The number of benzene rings is 6. The molecule has 0 atom stereocenters. The molecule has 1 aliphatic heterocycles. The Balaban J connectivity index is 1.14. The SMILES string of the molecule is CC1(C)c2cc(=C3Sc4ccccc4S3)ccc2=c2cc3c(cc21)=c1cc2c(cc1C3(C)C)=c1cc3c(cc1C2(C)C)=c1cc/c(=C(\N)C#N)cc1C3(C)C. The molecule has 11 rings (SSSR count). The Morgan fingerprint density at radius 3 is 1.20 bits per heavy atom. The van der Waals surface area contributed by atoms with Crippen molar-refractivity contribution in [3.63, 3.8) is 0 Å². The molecule has 4 heteroatoms. The van der Waals surface area contributed by atoms with E-state index < -0.39 is 0 Å². The van der Waals surface area contributed by atoms with Gasteiger partial charge in [0, 0.05) is 36.7 Å². The standard InChI is InChI=1S/C51H42N2S2/c1-48(2)36-17-26(44(53)25-52)13-15-28(36)30-19-40-32(21-38(30)48)34-23-43-35(24-42(34)50(40,5)6)33-22-39-31(20-41(33)51(43,7)8)29-16-14-27(18-37(29)49(39,3)4)47-54-45-11-9-10-12-46(45)55-47/h9-24H,53H2,1-8H3/b44-26+. The lowest BCUT2D eigenvalue weighted by atomic mass is 9.77. The molecule has 0 saturated heterocycles. The number of nitrogens with zero attached hydrogens (tertiary/aromatic N) is 1. The summed E-state index contributed by atoms with van der Waals surface area (Å²) in [7, 11) is 0. The minimum Gasteiger partial charge on any atom is -0.390 e. The van der Waals surface area contributed by atoms with Gasteiger partial charge in [-0.25, -0.2) is 0 Å². The Hall–Kier alpha value is -4.95. The molecule has 5 aliphatic rings. The van der Waals surface area contributed by atoms with E-state index in [0.717, 1.165) is 5.22 Å². The number of nitriles is 1. The van der Waals surface area contributed by atoms with Gasteiger partial charge < -0.3 is 5.73 Å². The maximum Gasteiger partial charge on any atom is 0.118 e. The molecule has 0 amide bonds. The Morgan fingerprint density at radius 1 is 0.455 bits per heavy atom. The zero-order valence-corrected chi connectivity index (χ0v) is 34.2. The van der Waals surface area contributed by atoms with E-state index in [9.17, 15) is 5.26 Å². The van der Waals surface area contributed by atoms with Crippen LogP contribution in [0.5, 0.6) is 0 Å². The number of fused-ring (bicyclic) bond motifs is 9. The zero-order valence-electron chi connectivity index (χ0n) is 32.6. The van der Waals surface area contributed by atoms with Crippen LogP contribution in [0.15, 0.2) is 107 Å². The third kappa shape index (κ3) is 4.13. The monoisotopic (exact) mass is 746 g/mol. The highest BCUT2D eigenvalue weighted by Gasteiger charge is 2.40. The van der Waals surface area contributed by atoms with Crippen LogP contribution < -0.4 is 16.2 Å². The molecule has 55 heavy (non-hydrogen) atoms. The fourth-order valence-corrected chi connectivity index (χ4v) is 13.2. The molecular formula is C51H42N2S2. The lowest BCUT2D eigenvalue weighted by Gasteiger charge is -2.26. The van der Waals surface area contributed by atoms with E-state index in [-0.39, 0.29) is 27.4 Å². The number of rotatable bonds is 0. The summed E-state index contributed by atoms with van der Waals surface area (Å²) in [6, 6.07) is 39.6. The molecule has 268 valence electrons. The maximum absolute atomic E-state index is 9.52. The molecule has 0 aromatic heterocycles.